The van der Waals surface area contributed by atoms with Crippen molar-refractivity contribution in [2.75, 3.05) is 12.0 Å². The van der Waals surface area contributed by atoms with Gasteiger partial charge in [0.2, 0.25) is 0 Å². The molecule has 0 aromatic heterocycles. The molecule has 0 aliphatic heterocycles. The molecule has 0 fully saturated rings. The van der Waals surface area contributed by atoms with E-state index in [0.717, 1.165) is 11.4 Å². The first-order valence-corrected chi connectivity index (χ1v) is 7.37. The number of nitrogens with zero attached hydrogens (tertiary/aromatic N) is 2. The van der Waals surface area contributed by atoms with Crippen LogP contribution in [0.3, 0.4) is 0 Å². The lowest BCUT2D eigenvalue weighted by Crippen LogP contribution is -2.25. The van der Waals surface area contributed by atoms with Crippen LogP contribution in [0.1, 0.15) is 13.8 Å². The van der Waals surface area contributed by atoms with Gasteiger partial charge in [-0.15, -0.1) is 0 Å². The molecular formula is C18H19N3O2. The summed E-state index contributed by atoms with van der Waals surface area (Å²) in [6.07, 6.45) is 0. The van der Waals surface area contributed by atoms with E-state index in [1.165, 1.54) is 0 Å². The van der Waals surface area contributed by atoms with Gasteiger partial charge in [0.15, 0.2) is 5.71 Å². The van der Waals surface area contributed by atoms with Gasteiger partial charge < -0.3 is 4.74 Å². The molecular weight excluding hydrogens is 290 g/mol. The lowest BCUT2D eigenvalue weighted by molar-refractivity contribution is -0.134. The largest absolute Gasteiger partial charge is 0.461 e. The number of hydrogen-bond donors (Lipinski definition) is 1. The fraction of sp³-hybridized carbons (Fsp3) is 0.167. The first-order chi connectivity index (χ1) is 11.2. The van der Waals surface area contributed by atoms with Crippen LogP contribution in [0.5, 0.6) is 0 Å². The number of esters is 1. The maximum absolute atomic E-state index is 12.1. The van der Waals surface area contributed by atoms with E-state index in [0.29, 0.717) is 5.71 Å². The van der Waals surface area contributed by atoms with Gasteiger partial charge in [-0.25, -0.2) is 4.79 Å². The fourth-order valence-corrected chi connectivity index (χ4v) is 1.86. The predicted octanol–water partition coefficient (Wildman–Crippen LogP) is 3.81. The Bertz CT molecular complexity index is 695. The summed E-state index contributed by atoms with van der Waals surface area (Å²) in [7, 11) is 0. The number of anilines is 1. The second-order valence-corrected chi connectivity index (χ2v) is 4.69. The van der Waals surface area contributed by atoms with Crippen LogP contribution in [-0.2, 0) is 9.53 Å². The van der Waals surface area contributed by atoms with Crippen molar-refractivity contribution in [3.63, 3.8) is 0 Å². The van der Waals surface area contributed by atoms with E-state index in [9.17, 15) is 4.79 Å². The lowest BCUT2D eigenvalue weighted by Gasteiger charge is -2.07. The van der Waals surface area contributed by atoms with E-state index in [4.69, 9.17) is 4.74 Å². The quantitative estimate of drug-likeness (QED) is 0.501. The second-order valence-electron chi connectivity index (χ2n) is 4.69. The molecule has 0 amide bonds. The van der Waals surface area contributed by atoms with Crippen molar-refractivity contribution in [3.8, 4) is 0 Å². The fourth-order valence-electron chi connectivity index (χ4n) is 1.86. The van der Waals surface area contributed by atoms with Gasteiger partial charge in [0, 0.05) is 0 Å². The van der Waals surface area contributed by atoms with Gasteiger partial charge in [0.05, 0.1) is 23.7 Å². The third kappa shape index (κ3) is 5.07. The van der Waals surface area contributed by atoms with Crippen molar-refractivity contribution in [2.45, 2.75) is 13.8 Å². The topological polar surface area (TPSA) is 63.0 Å². The van der Waals surface area contributed by atoms with Gasteiger partial charge in [0.1, 0.15) is 0 Å². The Morgan fingerprint density at radius 1 is 1.04 bits per heavy atom. The standard InChI is InChI=1S/C18H19N3O2/c1-3-23-18(22)17(21-20-16-12-8-5-9-13-16)14(2)19-15-10-6-4-7-11-15/h4-13,20H,3H2,1-2H3/b19-14?,21-17+. The summed E-state index contributed by atoms with van der Waals surface area (Å²) in [5.41, 5.74) is 5.02. The van der Waals surface area contributed by atoms with E-state index < -0.39 is 5.97 Å². The van der Waals surface area contributed by atoms with Gasteiger partial charge in [-0.2, -0.15) is 5.10 Å². The molecule has 2 aromatic rings. The lowest BCUT2D eigenvalue weighted by atomic mass is 10.2. The number of ether oxygens (including phenoxy) is 1. The van der Waals surface area contributed by atoms with Crippen molar-refractivity contribution < 1.29 is 9.53 Å². The van der Waals surface area contributed by atoms with Gasteiger partial charge in [-0.3, -0.25) is 10.4 Å². The average Bonchev–Trinajstić information content (AvgIpc) is 2.57. The molecule has 0 radical (unpaired) electrons. The van der Waals surface area contributed by atoms with Gasteiger partial charge >= 0.3 is 5.97 Å². The second kappa shape index (κ2) is 8.48. The molecule has 0 spiro atoms. The Hall–Kier alpha value is -2.95. The van der Waals surface area contributed by atoms with Crippen molar-refractivity contribution in [2.24, 2.45) is 10.1 Å². The highest BCUT2D eigenvalue weighted by atomic mass is 16.5. The number of hydrazone groups is 1. The maximum atomic E-state index is 12.1. The van der Waals surface area contributed by atoms with Crippen LogP contribution in [-0.4, -0.2) is 24.0 Å². The Labute approximate surface area is 135 Å². The van der Waals surface area contributed by atoms with E-state index in [1.807, 2.05) is 60.7 Å². The zero-order valence-electron chi connectivity index (χ0n) is 13.2. The molecule has 5 heteroatoms. The molecule has 0 aliphatic rings. The predicted molar refractivity (Wildman–Crippen MR) is 93.3 cm³/mol. The van der Waals surface area contributed by atoms with Crippen LogP contribution >= 0.6 is 0 Å². The number of hydrogen-bond acceptors (Lipinski definition) is 5. The van der Waals surface area contributed by atoms with Gasteiger partial charge in [-0.1, -0.05) is 36.4 Å². The highest BCUT2D eigenvalue weighted by Gasteiger charge is 2.16. The Morgan fingerprint density at radius 2 is 1.65 bits per heavy atom. The minimum atomic E-state index is -0.506. The zero-order chi connectivity index (χ0) is 16.5. The molecule has 0 unspecified atom stereocenters. The van der Waals surface area contributed by atoms with Crippen LogP contribution in [0.2, 0.25) is 0 Å². The maximum Gasteiger partial charge on any atom is 0.360 e. The molecule has 0 bridgehead atoms. The van der Waals surface area contributed by atoms with Crippen LogP contribution in [0.25, 0.3) is 0 Å². The van der Waals surface area contributed by atoms with E-state index in [1.54, 1.807) is 13.8 Å². The first kappa shape index (κ1) is 16.4. The Kier molecular flexibility index (Phi) is 6.06. The number of para-hydroxylation sites is 2. The summed E-state index contributed by atoms with van der Waals surface area (Å²) < 4.78 is 5.06. The van der Waals surface area contributed by atoms with Crippen LogP contribution in [0.15, 0.2) is 70.8 Å². The number of benzene rings is 2. The molecule has 1 N–H and O–H groups in total. The molecule has 0 atom stereocenters. The number of carbonyl (C=O) groups excluding carboxylic acids is 1. The first-order valence-electron chi connectivity index (χ1n) is 7.37. The van der Waals surface area contributed by atoms with E-state index in [-0.39, 0.29) is 12.3 Å². The Balaban J connectivity index is 2.26. The summed E-state index contributed by atoms with van der Waals surface area (Å²) in [5.74, 6) is -0.506. The van der Waals surface area contributed by atoms with Crippen LogP contribution in [0, 0.1) is 0 Å². The normalized spacial score (nSPS) is 11.9. The molecule has 2 aromatic carbocycles. The van der Waals surface area contributed by atoms with Crippen molar-refractivity contribution in [1.29, 1.82) is 0 Å². The number of rotatable bonds is 6. The summed E-state index contributed by atoms with van der Waals surface area (Å²) in [4.78, 5) is 16.5. The molecule has 0 saturated heterocycles. The van der Waals surface area contributed by atoms with Gasteiger partial charge in [-0.05, 0) is 38.1 Å². The minimum absolute atomic E-state index is 0.152. The molecule has 118 valence electrons. The third-order valence-corrected chi connectivity index (χ3v) is 2.94. The summed E-state index contributed by atoms with van der Waals surface area (Å²) in [5, 5.41) is 4.17. The monoisotopic (exact) mass is 309 g/mol. The molecule has 0 heterocycles. The molecule has 0 saturated carbocycles. The summed E-state index contributed by atoms with van der Waals surface area (Å²) in [6, 6.07) is 18.8. The molecule has 23 heavy (non-hydrogen) atoms. The highest BCUT2D eigenvalue weighted by Crippen LogP contribution is 2.11. The van der Waals surface area contributed by atoms with E-state index in [2.05, 4.69) is 15.5 Å². The van der Waals surface area contributed by atoms with Crippen molar-refractivity contribution in [1.82, 2.24) is 0 Å². The zero-order valence-corrected chi connectivity index (χ0v) is 13.2. The Morgan fingerprint density at radius 3 is 2.26 bits per heavy atom. The van der Waals surface area contributed by atoms with Crippen molar-refractivity contribution >= 4 is 28.8 Å². The SMILES string of the molecule is CCOC(=O)/C(=N/Nc1ccccc1)C(C)=Nc1ccccc1. The van der Waals surface area contributed by atoms with Crippen LogP contribution in [0.4, 0.5) is 11.4 Å². The van der Waals surface area contributed by atoms with Gasteiger partial charge in [0.25, 0.3) is 0 Å². The smallest absolute Gasteiger partial charge is 0.360 e. The third-order valence-electron chi connectivity index (χ3n) is 2.94. The molecule has 0 aliphatic carbocycles. The minimum Gasteiger partial charge on any atom is -0.461 e. The van der Waals surface area contributed by atoms with Crippen LogP contribution < -0.4 is 5.43 Å². The molecule has 2 rings (SSSR count). The summed E-state index contributed by atoms with van der Waals surface area (Å²) in [6.45, 7) is 3.76. The number of nitrogens with one attached hydrogen (secondary N) is 1. The highest BCUT2D eigenvalue weighted by molar-refractivity contribution is 6.65. The van der Waals surface area contributed by atoms with Crippen molar-refractivity contribution in [3.05, 3.63) is 60.7 Å². The molecule has 5 nitrogen and oxygen atoms in total. The van der Waals surface area contributed by atoms with E-state index >= 15 is 0 Å². The number of carbonyl (C=O) groups is 1. The average molecular weight is 309 g/mol. The number of aliphatic imine (C=N–C) groups is 1. The summed E-state index contributed by atoms with van der Waals surface area (Å²) >= 11 is 0.